The molecule has 0 bridgehead atoms. The van der Waals surface area contributed by atoms with Gasteiger partial charge in [-0.15, -0.1) is 0 Å². The van der Waals surface area contributed by atoms with Gasteiger partial charge in [0.2, 0.25) is 23.6 Å². The number of hydrogen-bond donors (Lipinski definition) is 6. The van der Waals surface area contributed by atoms with Crippen molar-refractivity contribution in [1.29, 1.82) is 0 Å². The molecular weight excluding hydrogens is 430 g/mol. The Morgan fingerprint density at radius 1 is 0.818 bits per heavy atom. The fourth-order valence-corrected chi connectivity index (χ4v) is 2.90. The first kappa shape index (κ1) is 27.6. The van der Waals surface area contributed by atoms with Gasteiger partial charge in [0.1, 0.15) is 23.2 Å². The normalized spacial score (nSPS) is 13.3. The lowest BCUT2D eigenvalue weighted by molar-refractivity contribution is -0.141. The summed E-state index contributed by atoms with van der Waals surface area (Å²) >= 11 is 0. The third kappa shape index (κ3) is 8.19. The fourth-order valence-electron chi connectivity index (χ4n) is 2.90. The minimum absolute atomic E-state index is 0.145. The van der Waals surface area contributed by atoms with Crippen molar-refractivity contribution in [3.63, 3.8) is 0 Å². The number of hydrogen-bond acceptors (Lipinski definition) is 6. The Morgan fingerprint density at radius 2 is 1.33 bits per heavy atom. The Morgan fingerprint density at radius 3 is 1.85 bits per heavy atom. The molecule has 33 heavy (non-hydrogen) atoms. The highest BCUT2D eigenvalue weighted by Crippen LogP contribution is 2.17. The second kappa shape index (κ2) is 10.9. The van der Waals surface area contributed by atoms with Gasteiger partial charge in [0.25, 0.3) is 0 Å². The summed E-state index contributed by atoms with van der Waals surface area (Å²) in [6, 6.07) is 9.02. The number of carbonyl (C=O) groups excluding carboxylic acids is 4. The molecule has 1 rings (SSSR count). The third-order valence-electron chi connectivity index (χ3n) is 4.89. The summed E-state index contributed by atoms with van der Waals surface area (Å²) in [5.41, 5.74) is 1.85. The second-order valence-corrected chi connectivity index (χ2v) is 8.98. The number of nitrogens with one attached hydrogen (secondary N) is 4. The van der Waals surface area contributed by atoms with Gasteiger partial charge >= 0.3 is 5.97 Å². The molecule has 0 aliphatic rings. The first-order valence-corrected chi connectivity index (χ1v) is 10.3. The van der Waals surface area contributed by atoms with Crippen LogP contribution < -0.4 is 27.0 Å². The van der Waals surface area contributed by atoms with E-state index in [0.29, 0.717) is 0 Å². The number of carboxylic acids is 1. The highest BCUT2D eigenvalue weighted by atomic mass is 16.4. The standard InChI is InChI=1S/C22H33N5O6/c1-20(2,17(31)24-13-16(29)30)26-18(32)21(3,4)27-19(33)22(5,25-15(28)12-23)11-14-9-7-6-8-10-14/h6-10H,11-13,23H2,1-5H3,(H,24,31)(H,25,28)(H,26,32)(H,27,33)(H,29,30)/t22-/m0/s1. The van der Waals surface area contributed by atoms with Crippen molar-refractivity contribution in [3.8, 4) is 0 Å². The van der Waals surface area contributed by atoms with Crippen molar-refractivity contribution in [2.24, 2.45) is 5.73 Å². The molecule has 1 aromatic carbocycles. The Kier molecular flexibility index (Phi) is 9.11. The average molecular weight is 464 g/mol. The number of carbonyl (C=O) groups is 5. The van der Waals surface area contributed by atoms with E-state index in [1.165, 1.54) is 34.6 Å². The molecule has 182 valence electrons. The molecule has 0 aliphatic heterocycles. The van der Waals surface area contributed by atoms with Gasteiger partial charge in [0, 0.05) is 6.42 Å². The van der Waals surface area contributed by atoms with Crippen LogP contribution in [-0.4, -0.2) is 64.4 Å². The van der Waals surface area contributed by atoms with Crippen molar-refractivity contribution in [1.82, 2.24) is 21.3 Å². The lowest BCUT2D eigenvalue weighted by Crippen LogP contribution is -2.67. The molecule has 0 aromatic heterocycles. The number of nitrogens with two attached hydrogens (primary N) is 1. The molecule has 0 saturated heterocycles. The van der Waals surface area contributed by atoms with E-state index in [9.17, 15) is 24.0 Å². The summed E-state index contributed by atoms with van der Waals surface area (Å²) < 4.78 is 0. The summed E-state index contributed by atoms with van der Waals surface area (Å²) in [5, 5.41) is 18.7. The van der Waals surface area contributed by atoms with Gasteiger partial charge in [0.15, 0.2) is 0 Å². The maximum atomic E-state index is 13.2. The van der Waals surface area contributed by atoms with Crippen LogP contribution in [0.2, 0.25) is 0 Å². The smallest absolute Gasteiger partial charge is 0.322 e. The van der Waals surface area contributed by atoms with E-state index in [2.05, 4.69) is 21.3 Å². The molecule has 0 heterocycles. The predicted molar refractivity (Wildman–Crippen MR) is 121 cm³/mol. The molecule has 0 spiro atoms. The van der Waals surface area contributed by atoms with Gasteiger partial charge in [-0.1, -0.05) is 30.3 Å². The van der Waals surface area contributed by atoms with Crippen LogP contribution in [0.1, 0.15) is 40.2 Å². The molecule has 7 N–H and O–H groups in total. The zero-order valence-electron chi connectivity index (χ0n) is 19.6. The summed E-state index contributed by atoms with van der Waals surface area (Å²) in [6.07, 6.45) is 0.145. The first-order valence-electron chi connectivity index (χ1n) is 10.3. The van der Waals surface area contributed by atoms with Crippen LogP contribution in [0.15, 0.2) is 30.3 Å². The minimum Gasteiger partial charge on any atom is -0.480 e. The quantitative estimate of drug-likeness (QED) is 0.245. The van der Waals surface area contributed by atoms with Gasteiger partial charge in [-0.2, -0.15) is 0 Å². The Balaban J connectivity index is 3.01. The lowest BCUT2D eigenvalue weighted by Gasteiger charge is -2.36. The van der Waals surface area contributed by atoms with E-state index in [0.717, 1.165) is 5.56 Å². The van der Waals surface area contributed by atoms with Crippen molar-refractivity contribution in [3.05, 3.63) is 35.9 Å². The predicted octanol–water partition coefficient (Wildman–Crippen LogP) is -0.947. The first-order chi connectivity index (χ1) is 15.1. The Labute approximate surface area is 192 Å². The summed E-state index contributed by atoms with van der Waals surface area (Å²) in [6.45, 7) is 6.30. The highest BCUT2D eigenvalue weighted by molar-refractivity contribution is 5.99. The van der Waals surface area contributed by atoms with Gasteiger partial charge < -0.3 is 32.1 Å². The average Bonchev–Trinajstić information content (AvgIpc) is 2.71. The summed E-state index contributed by atoms with van der Waals surface area (Å²) in [7, 11) is 0. The van der Waals surface area contributed by atoms with Gasteiger partial charge in [-0.3, -0.25) is 24.0 Å². The van der Waals surface area contributed by atoms with Crippen LogP contribution in [0.3, 0.4) is 0 Å². The van der Waals surface area contributed by atoms with E-state index in [4.69, 9.17) is 10.8 Å². The highest BCUT2D eigenvalue weighted by Gasteiger charge is 2.42. The molecule has 11 heteroatoms. The summed E-state index contributed by atoms with van der Waals surface area (Å²) in [4.78, 5) is 61.0. The van der Waals surface area contributed by atoms with Gasteiger partial charge in [0.05, 0.1) is 6.54 Å². The van der Waals surface area contributed by atoms with Crippen LogP contribution in [-0.2, 0) is 30.4 Å². The van der Waals surface area contributed by atoms with Crippen molar-refractivity contribution in [2.75, 3.05) is 13.1 Å². The molecule has 0 unspecified atom stereocenters. The van der Waals surface area contributed by atoms with E-state index in [-0.39, 0.29) is 13.0 Å². The topological polar surface area (TPSA) is 180 Å². The number of rotatable bonds is 11. The van der Waals surface area contributed by atoms with E-state index >= 15 is 0 Å². The Hall–Kier alpha value is -3.47. The van der Waals surface area contributed by atoms with Crippen LogP contribution >= 0.6 is 0 Å². The number of aliphatic carboxylic acids is 1. The molecule has 0 fully saturated rings. The second-order valence-electron chi connectivity index (χ2n) is 8.98. The fraction of sp³-hybridized carbons (Fsp3) is 0.500. The van der Waals surface area contributed by atoms with Gasteiger partial charge in [-0.05, 0) is 40.2 Å². The van der Waals surface area contributed by atoms with Gasteiger partial charge in [-0.25, -0.2) is 0 Å². The largest absolute Gasteiger partial charge is 0.480 e. The zero-order valence-corrected chi connectivity index (χ0v) is 19.6. The minimum atomic E-state index is -1.48. The molecule has 0 radical (unpaired) electrons. The van der Waals surface area contributed by atoms with Crippen molar-refractivity contribution < 1.29 is 29.1 Å². The zero-order chi connectivity index (χ0) is 25.4. The van der Waals surface area contributed by atoms with E-state index in [1.54, 1.807) is 24.3 Å². The molecule has 11 nitrogen and oxygen atoms in total. The molecule has 1 aromatic rings. The Bertz CT molecular complexity index is 900. The SMILES string of the molecule is CC(C)(NC(=O)C(C)(C)NC(=O)[C@](C)(Cc1ccccc1)NC(=O)CN)C(=O)NCC(=O)O. The van der Waals surface area contributed by atoms with Crippen LogP contribution in [0.4, 0.5) is 0 Å². The van der Waals surface area contributed by atoms with E-state index in [1.807, 2.05) is 6.07 Å². The van der Waals surface area contributed by atoms with Crippen LogP contribution in [0.5, 0.6) is 0 Å². The van der Waals surface area contributed by atoms with Crippen LogP contribution in [0, 0.1) is 0 Å². The number of amides is 4. The number of benzene rings is 1. The molecule has 4 amide bonds. The lowest BCUT2D eigenvalue weighted by atomic mass is 9.89. The monoisotopic (exact) mass is 463 g/mol. The molecule has 0 saturated carbocycles. The molecular formula is C22H33N5O6. The molecule has 1 atom stereocenters. The van der Waals surface area contributed by atoms with Crippen molar-refractivity contribution in [2.45, 2.75) is 57.7 Å². The van der Waals surface area contributed by atoms with Crippen molar-refractivity contribution >= 4 is 29.6 Å². The maximum absolute atomic E-state index is 13.2. The van der Waals surface area contributed by atoms with E-state index < -0.39 is 52.8 Å². The summed E-state index contributed by atoms with van der Waals surface area (Å²) in [5.74, 6) is -3.78. The maximum Gasteiger partial charge on any atom is 0.322 e. The molecule has 0 aliphatic carbocycles. The third-order valence-corrected chi connectivity index (χ3v) is 4.89. The van der Waals surface area contributed by atoms with Crippen LogP contribution in [0.25, 0.3) is 0 Å². The number of carboxylic acid groups (broad SMARTS) is 1.